The quantitative estimate of drug-likeness (QED) is 0.248. The van der Waals surface area contributed by atoms with Crippen molar-refractivity contribution in [2.45, 2.75) is 6.92 Å². The Balaban J connectivity index is 1.34. The van der Waals surface area contributed by atoms with E-state index >= 15 is 0 Å². The Labute approximate surface area is 210 Å². The number of aromatic nitrogens is 1. The Kier molecular flexibility index (Phi) is 4.75. The minimum atomic E-state index is 1.18. The third-order valence-electron chi connectivity index (χ3n) is 7.22. The van der Waals surface area contributed by atoms with Gasteiger partial charge in [-0.15, -0.1) is 0 Å². The number of benzene rings is 6. The molecule has 36 heavy (non-hydrogen) atoms. The fourth-order valence-electron chi connectivity index (χ4n) is 5.59. The lowest BCUT2D eigenvalue weighted by Gasteiger charge is -2.12. The molecule has 0 aliphatic heterocycles. The molecule has 0 aliphatic carbocycles. The summed E-state index contributed by atoms with van der Waals surface area (Å²) in [6, 6.07) is 48.4. The maximum Gasteiger partial charge on any atom is 0.0541 e. The van der Waals surface area contributed by atoms with Gasteiger partial charge >= 0.3 is 0 Å². The van der Waals surface area contributed by atoms with Gasteiger partial charge in [0.25, 0.3) is 0 Å². The summed E-state index contributed by atoms with van der Waals surface area (Å²) in [5.74, 6) is 0. The van der Waals surface area contributed by atoms with Crippen LogP contribution >= 0.6 is 0 Å². The third-order valence-corrected chi connectivity index (χ3v) is 7.22. The SMILES string of the molecule is Cc1cc(-c2ccc(-n3c4ccccc4c4ccccc43)cc2)cc(-c2cccc3ccccc23)c1. The molecular formula is C35H25N. The molecule has 0 bridgehead atoms. The van der Waals surface area contributed by atoms with Crippen LogP contribution in [-0.2, 0) is 0 Å². The van der Waals surface area contributed by atoms with Crippen molar-refractivity contribution in [2.75, 3.05) is 0 Å². The summed E-state index contributed by atoms with van der Waals surface area (Å²) in [5.41, 5.74) is 9.92. The van der Waals surface area contributed by atoms with E-state index < -0.39 is 0 Å². The zero-order valence-corrected chi connectivity index (χ0v) is 20.1. The number of para-hydroxylation sites is 2. The van der Waals surface area contributed by atoms with Crippen molar-refractivity contribution in [1.82, 2.24) is 4.57 Å². The lowest BCUT2D eigenvalue weighted by Crippen LogP contribution is -1.93. The minimum Gasteiger partial charge on any atom is -0.309 e. The van der Waals surface area contributed by atoms with E-state index in [0.29, 0.717) is 0 Å². The van der Waals surface area contributed by atoms with Crippen molar-refractivity contribution >= 4 is 32.6 Å². The van der Waals surface area contributed by atoms with Crippen molar-refractivity contribution in [2.24, 2.45) is 0 Å². The molecule has 0 radical (unpaired) electrons. The van der Waals surface area contributed by atoms with Gasteiger partial charge in [-0.3, -0.25) is 0 Å². The zero-order chi connectivity index (χ0) is 24.1. The average molecular weight is 460 g/mol. The summed E-state index contributed by atoms with van der Waals surface area (Å²) in [4.78, 5) is 0. The fourth-order valence-corrected chi connectivity index (χ4v) is 5.59. The van der Waals surface area contributed by atoms with Crippen LogP contribution in [0.15, 0.2) is 133 Å². The van der Waals surface area contributed by atoms with Crippen LogP contribution < -0.4 is 0 Å². The van der Waals surface area contributed by atoms with Gasteiger partial charge < -0.3 is 4.57 Å². The Morgan fingerprint density at radius 2 is 1.03 bits per heavy atom. The fraction of sp³-hybridized carbons (Fsp3) is 0.0286. The first-order valence-corrected chi connectivity index (χ1v) is 12.5. The first-order valence-electron chi connectivity index (χ1n) is 12.5. The van der Waals surface area contributed by atoms with E-state index in [2.05, 4.69) is 145 Å². The van der Waals surface area contributed by atoms with Crippen LogP contribution in [0.5, 0.6) is 0 Å². The second-order valence-corrected chi connectivity index (χ2v) is 9.53. The molecule has 0 fully saturated rings. The van der Waals surface area contributed by atoms with Gasteiger partial charge in [0.1, 0.15) is 0 Å². The Hall–Kier alpha value is -4.62. The molecule has 6 aromatic carbocycles. The molecule has 0 spiro atoms. The summed E-state index contributed by atoms with van der Waals surface area (Å²) in [6.45, 7) is 2.19. The van der Waals surface area contributed by atoms with Gasteiger partial charge in [0.2, 0.25) is 0 Å². The number of fused-ring (bicyclic) bond motifs is 4. The van der Waals surface area contributed by atoms with Crippen LogP contribution in [0.1, 0.15) is 5.56 Å². The van der Waals surface area contributed by atoms with E-state index in [1.54, 1.807) is 0 Å². The maximum absolute atomic E-state index is 2.37. The molecule has 0 N–H and O–H groups in total. The molecule has 1 heteroatoms. The predicted molar refractivity (Wildman–Crippen MR) is 154 cm³/mol. The van der Waals surface area contributed by atoms with Crippen molar-refractivity contribution in [3.8, 4) is 27.9 Å². The zero-order valence-electron chi connectivity index (χ0n) is 20.1. The summed E-state index contributed by atoms with van der Waals surface area (Å²) in [5, 5.41) is 5.14. The number of rotatable bonds is 3. The molecular weight excluding hydrogens is 434 g/mol. The van der Waals surface area contributed by atoms with Crippen LogP contribution in [-0.4, -0.2) is 4.57 Å². The topological polar surface area (TPSA) is 4.93 Å². The number of hydrogen-bond acceptors (Lipinski definition) is 0. The van der Waals surface area contributed by atoms with E-state index in [-0.39, 0.29) is 0 Å². The number of nitrogens with zero attached hydrogens (tertiary/aromatic N) is 1. The van der Waals surface area contributed by atoms with Gasteiger partial charge in [-0.25, -0.2) is 0 Å². The van der Waals surface area contributed by atoms with E-state index in [1.807, 2.05) is 0 Å². The summed E-state index contributed by atoms with van der Waals surface area (Å²) in [7, 11) is 0. The normalized spacial score (nSPS) is 11.5. The number of aryl methyl sites for hydroxylation is 1. The first kappa shape index (κ1) is 20.7. The van der Waals surface area contributed by atoms with Crippen molar-refractivity contribution in [3.05, 3.63) is 139 Å². The monoisotopic (exact) mass is 459 g/mol. The molecule has 0 amide bonds. The molecule has 1 aromatic heterocycles. The van der Waals surface area contributed by atoms with Gasteiger partial charge in [0, 0.05) is 16.5 Å². The van der Waals surface area contributed by atoms with E-state index in [1.165, 1.54) is 66.1 Å². The van der Waals surface area contributed by atoms with Gasteiger partial charge in [-0.1, -0.05) is 103 Å². The highest BCUT2D eigenvalue weighted by Gasteiger charge is 2.12. The highest BCUT2D eigenvalue weighted by Crippen LogP contribution is 2.35. The smallest absolute Gasteiger partial charge is 0.0541 e. The summed E-state index contributed by atoms with van der Waals surface area (Å²) >= 11 is 0. The Morgan fingerprint density at radius 3 is 1.75 bits per heavy atom. The average Bonchev–Trinajstić information content (AvgIpc) is 3.27. The molecule has 0 saturated carbocycles. The third kappa shape index (κ3) is 3.32. The van der Waals surface area contributed by atoms with Gasteiger partial charge in [-0.05, 0) is 75.8 Å². The van der Waals surface area contributed by atoms with Crippen LogP contribution in [0.4, 0.5) is 0 Å². The van der Waals surface area contributed by atoms with Crippen LogP contribution in [0.3, 0.4) is 0 Å². The van der Waals surface area contributed by atoms with Crippen LogP contribution in [0, 0.1) is 6.92 Å². The van der Waals surface area contributed by atoms with Gasteiger partial charge in [0.05, 0.1) is 11.0 Å². The molecule has 7 rings (SSSR count). The van der Waals surface area contributed by atoms with E-state index in [4.69, 9.17) is 0 Å². The highest BCUT2D eigenvalue weighted by atomic mass is 15.0. The molecule has 0 atom stereocenters. The van der Waals surface area contributed by atoms with Crippen molar-refractivity contribution in [3.63, 3.8) is 0 Å². The minimum absolute atomic E-state index is 1.18. The van der Waals surface area contributed by atoms with Crippen LogP contribution in [0.2, 0.25) is 0 Å². The molecule has 0 aliphatic rings. The standard InChI is InChI=1S/C35H25N/c1-24-21-27(23-28(22-24)31-14-8-10-26-9-2-3-11-30(26)31)25-17-19-29(20-18-25)36-34-15-6-4-12-32(34)33-13-5-7-16-35(33)36/h2-23H,1H3. The van der Waals surface area contributed by atoms with Gasteiger partial charge in [-0.2, -0.15) is 0 Å². The maximum atomic E-state index is 2.37. The largest absolute Gasteiger partial charge is 0.309 e. The van der Waals surface area contributed by atoms with E-state index in [0.717, 1.165) is 0 Å². The number of hydrogen-bond donors (Lipinski definition) is 0. The molecule has 7 aromatic rings. The summed E-state index contributed by atoms with van der Waals surface area (Å²) < 4.78 is 2.37. The predicted octanol–water partition coefficient (Wildman–Crippen LogP) is 9.58. The van der Waals surface area contributed by atoms with E-state index in [9.17, 15) is 0 Å². The second kappa shape index (κ2) is 8.25. The molecule has 0 saturated heterocycles. The molecule has 170 valence electrons. The Bertz CT molecular complexity index is 1830. The Morgan fingerprint density at radius 1 is 0.444 bits per heavy atom. The summed E-state index contributed by atoms with van der Waals surface area (Å²) in [6.07, 6.45) is 0. The van der Waals surface area contributed by atoms with Crippen molar-refractivity contribution < 1.29 is 0 Å². The molecule has 0 unspecified atom stereocenters. The first-order chi connectivity index (χ1) is 17.8. The molecule has 1 heterocycles. The molecule has 1 nitrogen and oxygen atoms in total. The lowest BCUT2D eigenvalue weighted by molar-refractivity contribution is 1.18. The van der Waals surface area contributed by atoms with Gasteiger partial charge in [0.15, 0.2) is 0 Å². The lowest BCUT2D eigenvalue weighted by atomic mass is 9.93. The highest BCUT2D eigenvalue weighted by molar-refractivity contribution is 6.09. The van der Waals surface area contributed by atoms with Crippen LogP contribution in [0.25, 0.3) is 60.5 Å². The van der Waals surface area contributed by atoms with Crippen molar-refractivity contribution in [1.29, 1.82) is 0 Å². The second-order valence-electron chi connectivity index (χ2n) is 9.53.